The van der Waals surface area contributed by atoms with Crippen LogP contribution in [-0.2, 0) is 6.54 Å². The molecule has 0 atom stereocenters. The van der Waals surface area contributed by atoms with E-state index in [9.17, 15) is 4.39 Å². The summed E-state index contributed by atoms with van der Waals surface area (Å²) in [4.78, 5) is 0. The van der Waals surface area contributed by atoms with Gasteiger partial charge in [-0.3, -0.25) is 0 Å². The molecule has 3 heteroatoms. The third-order valence-electron chi connectivity index (χ3n) is 1.98. The average molecular weight is 197 g/mol. The van der Waals surface area contributed by atoms with Crippen molar-refractivity contribution in [3.05, 3.63) is 29.6 Å². The van der Waals surface area contributed by atoms with E-state index in [1.165, 1.54) is 6.07 Å². The lowest BCUT2D eigenvalue weighted by Crippen LogP contribution is -2.22. The van der Waals surface area contributed by atoms with E-state index in [-0.39, 0.29) is 5.82 Å². The van der Waals surface area contributed by atoms with Crippen molar-refractivity contribution in [3.8, 4) is 5.75 Å². The fourth-order valence-electron chi connectivity index (χ4n) is 1.21. The van der Waals surface area contributed by atoms with E-state index >= 15 is 0 Å². The second-order valence-electron chi connectivity index (χ2n) is 3.46. The van der Waals surface area contributed by atoms with E-state index in [0.717, 1.165) is 0 Å². The van der Waals surface area contributed by atoms with Crippen molar-refractivity contribution in [2.45, 2.75) is 26.4 Å². The molecule has 0 amide bonds. The lowest BCUT2D eigenvalue weighted by Gasteiger charge is -2.12. The Morgan fingerprint density at radius 2 is 2.14 bits per heavy atom. The van der Waals surface area contributed by atoms with Crippen molar-refractivity contribution < 1.29 is 9.13 Å². The minimum atomic E-state index is -0.225. The van der Waals surface area contributed by atoms with Crippen LogP contribution in [0.3, 0.4) is 0 Å². The third-order valence-corrected chi connectivity index (χ3v) is 1.98. The number of hydrogen-bond donors (Lipinski definition) is 1. The number of nitrogens with one attached hydrogen (secondary N) is 1. The minimum Gasteiger partial charge on any atom is -0.496 e. The van der Waals surface area contributed by atoms with Gasteiger partial charge in [0, 0.05) is 18.2 Å². The Morgan fingerprint density at radius 3 is 2.71 bits per heavy atom. The number of rotatable bonds is 4. The highest BCUT2D eigenvalue weighted by Crippen LogP contribution is 2.20. The lowest BCUT2D eigenvalue weighted by molar-refractivity contribution is 0.400. The molecule has 0 aliphatic heterocycles. The van der Waals surface area contributed by atoms with Gasteiger partial charge in [0.05, 0.1) is 7.11 Å². The van der Waals surface area contributed by atoms with Crippen LogP contribution in [0.1, 0.15) is 19.4 Å². The van der Waals surface area contributed by atoms with Gasteiger partial charge in [0.15, 0.2) is 0 Å². The first-order valence-electron chi connectivity index (χ1n) is 4.70. The average Bonchev–Trinajstić information content (AvgIpc) is 2.15. The van der Waals surface area contributed by atoms with Crippen molar-refractivity contribution in [3.63, 3.8) is 0 Å². The van der Waals surface area contributed by atoms with E-state index in [4.69, 9.17) is 4.74 Å². The molecule has 0 aromatic heterocycles. The van der Waals surface area contributed by atoms with Crippen molar-refractivity contribution in [2.75, 3.05) is 7.11 Å². The normalized spacial score (nSPS) is 10.6. The summed E-state index contributed by atoms with van der Waals surface area (Å²) in [6.45, 7) is 4.54. The minimum absolute atomic E-state index is 0.225. The molecule has 0 fully saturated rings. The van der Waals surface area contributed by atoms with E-state index in [0.29, 0.717) is 23.9 Å². The van der Waals surface area contributed by atoms with Crippen molar-refractivity contribution in [2.24, 2.45) is 0 Å². The van der Waals surface area contributed by atoms with Crippen LogP contribution in [0.2, 0.25) is 0 Å². The molecule has 0 heterocycles. The van der Waals surface area contributed by atoms with Gasteiger partial charge in [-0.05, 0) is 12.1 Å². The number of benzene rings is 1. The maximum absolute atomic E-state index is 13.4. The zero-order valence-corrected chi connectivity index (χ0v) is 8.80. The maximum Gasteiger partial charge on any atom is 0.131 e. The fraction of sp³-hybridized carbons (Fsp3) is 0.455. The number of ether oxygens (including phenoxy) is 1. The Kier molecular flexibility index (Phi) is 3.89. The summed E-state index contributed by atoms with van der Waals surface area (Å²) in [5, 5.41) is 3.16. The van der Waals surface area contributed by atoms with E-state index in [1.54, 1.807) is 19.2 Å². The predicted octanol–water partition coefficient (Wildman–Crippen LogP) is 2.33. The summed E-state index contributed by atoms with van der Waals surface area (Å²) < 4.78 is 18.4. The fourth-order valence-corrected chi connectivity index (χ4v) is 1.21. The molecule has 78 valence electrons. The predicted molar refractivity (Wildman–Crippen MR) is 54.9 cm³/mol. The van der Waals surface area contributed by atoms with Crippen molar-refractivity contribution in [1.82, 2.24) is 5.32 Å². The number of methoxy groups -OCH3 is 1. The molecule has 0 spiro atoms. The van der Waals surface area contributed by atoms with Crippen LogP contribution in [0.4, 0.5) is 4.39 Å². The van der Waals surface area contributed by atoms with Gasteiger partial charge in [-0.15, -0.1) is 0 Å². The van der Waals surface area contributed by atoms with Crippen LogP contribution in [0, 0.1) is 5.82 Å². The molecule has 0 aliphatic rings. The summed E-state index contributed by atoms with van der Waals surface area (Å²) in [5.41, 5.74) is 0.587. The highest BCUT2D eigenvalue weighted by Gasteiger charge is 2.08. The summed E-state index contributed by atoms with van der Waals surface area (Å²) in [7, 11) is 1.55. The van der Waals surface area contributed by atoms with Crippen LogP contribution in [0.15, 0.2) is 18.2 Å². The Labute approximate surface area is 84.1 Å². The first-order chi connectivity index (χ1) is 6.65. The summed E-state index contributed by atoms with van der Waals surface area (Å²) >= 11 is 0. The molecule has 1 aromatic carbocycles. The molecule has 1 N–H and O–H groups in total. The van der Waals surface area contributed by atoms with Gasteiger partial charge in [-0.2, -0.15) is 0 Å². The second kappa shape index (κ2) is 4.96. The van der Waals surface area contributed by atoms with Gasteiger partial charge in [-0.1, -0.05) is 19.9 Å². The maximum atomic E-state index is 13.4. The monoisotopic (exact) mass is 197 g/mol. The molecule has 0 aliphatic carbocycles. The first-order valence-corrected chi connectivity index (χ1v) is 4.70. The van der Waals surface area contributed by atoms with E-state index < -0.39 is 0 Å². The van der Waals surface area contributed by atoms with Crippen LogP contribution < -0.4 is 10.1 Å². The quantitative estimate of drug-likeness (QED) is 0.799. The Balaban J connectivity index is 2.82. The van der Waals surface area contributed by atoms with Gasteiger partial charge >= 0.3 is 0 Å². The van der Waals surface area contributed by atoms with Gasteiger partial charge in [0.1, 0.15) is 11.6 Å². The Hall–Kier alpha value is -1.09. The molecule has 0 bridgehead atoms. The Bertz CT molecular complexity index is 299. The molecule has 0 radical (unpaired) electrons. The summed E-state index contributed by atoms with van der Waals surface area (Å²) in [6.07, 6.45) is 0. The standard InChI is InChI=1S/C11H16FNO/c1-8(2)13-7-9-10(12)5-4-6-11(9)14-3/h4-6,8,13H,7H2,1-3H3. The number of halogens is 1. The molecule has 1 rings (SSSR count). The molecule has 1 aromatic rings. The molecule has 14 heavy (non-hydrogen) atoms. The Morgan fingerprint density at radius 1 is 1.43 bits per heavy atom. The van der Waals surface area contributed by atoms with Gasteiger partial charge in [0.25, 0.3) is 0 Å². The molecular formula is C11H16FNO. The largest absolute Gasteiger partial charge is 0.496 e. The highest BCUT2D eigenvalue weighted by molar-refractivity contribution is 5.34. The van der Waals surface area contributed by atoms with Gasteiger partial charge in [0.2, 0.25) is 0 Å². The van der Waals surface area contributed by atoms with Gasteiger partial charge < -0.3 is 10.1 Å². The SMILES string of the molecule is COc1cccc(F)c1CNC(C)C. The lowest BCUT2D eigenvalue weighted by atomic mass is 10.2. The second-order valence-corrected chi connectivity index (χ2v) is 3.46. The molecule has 0 saturated heterocycles. The van der Waals surface area contributed by atoms with Crippen molar-refractivity contribution >= 4 is 0 Å². The number of hydrogen-bond acceptors (Lipinski definition) is 2. The van der Waals surface area contributed by atoms with Crippen molar-refractivity contribution in [1.29, 1.82) is 0 Å². The van der Waals surface area contributed by atoms with Crippen LogP contribution in [-0.4, -0.2) is 13.2 Å². The zero-order valence-electron chi connectivity index (χ0n) is 8.80. The first kappa shape index (κ1) is 11.0. The smallest absolute Gasteiger partial charge is 0.131 e. The highest BCUT2D eigenvalue weighted by atomic mass is 19.1. The van der Waals surface area contributed by atoms with Crippen LogP contribution in [0.5, 0.6) is 5.75 Å². The zero-order chi connectivity index (χ0) is 10.6. The molecule has 0 unspecified atom stereocenters. The van der Waals surface area contributed by atoms with Gasteiger partial charge in [-0.25, -0.2) is 4.39 Å². The summed E-state index contributed by atoms with van der Waals surface area (Å²) in [5.74, 6) is 0.371. The van der Waals surface area contributed by atoms with Crippen LogP contribution >= 0.6 is 0 Å². The van der Waals surface area contributed by atoms with Crippen LogP contribution in [0.25, 0.3) is 0 Å². The van der Waals surface area contributed by atoms with E-state index in [2.05, 4.69) is 5.32 Å². The third kappa shape index (κ3) is 2.70. The molecule has 2 nitrogen and oxygen atoms in total. The molecule has 0 saturated carbocycles. The van der Waals surface area contributed by atoms with E-state index in [1.807, 2.05) is 13.8 Å². The molecular weight excluding hydrogens is 181 g/mol. The summed E-state index contributed by atoms with van der Waals surface area (Å²) in [6, 6.07) is 5.19. The topological polar surface area (TPSA) is 21.3 Å².